The van der Waals surface area contributed by atoms with Crippen molar-refractivity contribution in [1.82, 2.24) is 4.57 Å². The molecule has 5 heteroatoms. The Kier molecular flexibility index (Phi) is 3.06. The minimum Gasteiger partial charge on any atom is -0.464 e. The second-order valence-electron chi connectivity index (χ2n) is 4.37. The predicted octanol–water partition coefficient (Wildman–Crippen LogP) is 4.74. The molecule has 2 aromatic carbocycles. The van der Waals surface area contributed by atoms with E-state index >= 15 is 0 Å². The van der Waals surface area contributed by atoms with Crippen LogP contribution in [0.3, 0.4) is 0 Å². The second-order valence-corrected chi connectivity index (χ2v) is 5.22. The lowest BCUT2D eigenvalue weighted by Gasteiger charge is -2.04. The molecule has 3 nitrogen and oxygen atoms in total. The Labute approximate surface area is 122 Å². The molecule has 3 aromatic rings. The SMILES string of the molecule is O=C(O)n1cc(Br)c2ccc(-c3ccc(F)cc3)cc21. The standard InChI is InChI=1S/C15H9BrFNO2/c16-13-8-18(15(19)20)14-7-10(3-6-12(13)14)9-1-4-11(17)5-2-9/h1-8H,(H,19,20). The maximum atomic E-state index is 12.9. The molecular weight excluding hydrogens is 325 g/mol. The number of nitrogens with zero attached hydrogens (tertiary/aromatic N) is 1. The highest BCUT2D eigenvalue weighted by Crippen LogP contribution is 2.30. The van der Waals surface area contributed by atoms with Crippen LogP contribution in [-0.2, 0) is 0 Å². The van der Waals surface area contributed by atoms with Crippen molar-refractivity contribution in [3.05, 3.63) is 59.0 Å². The Balaban J connectivity index is 2.21. The zero-order chi connectivity index (χ0) is 14.3. The molecule has 1 aromatic heterocycles. The number of hydrogen-bond donors (Lipinski definition) is 1. The average molecular weight is 334 g/mol. The van der Waals surface area contributed by atoms with E-state index in [1.807, 2.05) is 12.1 Å². The van der Waals surface area contributed by atoms with Gasteiger partial charge in [0.25, 0.3) is 0 Å². The Hall–Kier alpha value is -2.14. The summed E-state index contributed by atoms with van der Waals surface area (Å²) < 4.78 is 14.8. The number of rotatable bonds is 1. The van der Waals surface area contributed by atoms with Crippen molar-refractivity contribution in [2.45, 2.75) is 0 Å². The fourth-order valence-electron chi connectivity index (χ4n) is 2.17. The fourth-order valence-corrected chi connectivity index (χ4v) is 2.71. The first kappa shape index (κ1) is 12.9. The van der Waals surface area contributed by atoms with Gasteiger partial charge in [-0.15, -0.1) is 0 Å². The van der Waals surface area contributed by atoms with Crippen molar-refractivity contribution in [3.8, 4) is 11.1 Å². The molecule has 100 valence electrons. The lowest BCUT2D eigenvalue weighted by molar-refractivity contribution is 0.197. The molecule has 0 radical (unpaired) electrons. The van der Waals surface area contributed by atoms with Crippen LogP contribution in [-0.4, -0.2) is 15.8 Å². The molecule has 0 amide bonds. The van der Waals surface area contributed by atoms with Crippen LogP contribution < -0.4 is 0 Å². The third-order valence-corrected chi connectivity index (χ3v) is 3.77. The molecule has 3 rings (SSSR count). The van der Waals surface area contributed by atoms with Gasteiger partial charge in [-0.25, -0.2) is 9.18 Å². The van der Waals surface area contributed by atoms with Crippen LogP contribution in [0.2, 0.25) is 0 Å². The number of halogens is 2. The molecule has 0 aliphatic heterocycles. The van der Waals surface area contributed by atoms with Gasteiger partial charge in [-0.1, -0.05) is 24.3 Å². The number of aromatic nitrogens is 1. The lowest BCUT2D eigenvalue weighted by Crippen LogP contribution is -2.05. The summed E-state index contributed by atoms with van der Waals surface area (Å²) in [4.78, 5) is 11.2. The number of carboxylic acid groups (broad SMARTS) is 1. The minimum atomic E-state index is -1.04. The molecule has 20 heavy (non-hydrogen) atoms. The summed E-state index contributed by atoms with van der Waals surface area (Å²) in [5.41, 5.74) is 2.26. The van der Waals surface area contributed by atoms with Gasteiger partial charge in [-0.05, 0) is 45.3 Å². The third kappa shape index (κ3) is 2.10. The molecule has 0 saturated carbocycles. The first-order valence-electron chi connectivity index (χ1n) is 5.86. The van der Waals surface area contributed by atoms with Crippen molar-refractivity contribution >= 4 is 32.9 Å². The maximum absolute atomic E-state index is 12.9. The summed E-state index contributed by atoms with van der Waals surface area (Å²) >= 11 is 3.34. The van der Waals surface area contributed by atoms with Gasteiger partial charge in [0.2, 0.25) is 0 Å². The largest absolute Gasteiger partial charge is 0.464 e. The molecule has 0 saturated heterocycles. The minimum absolute atomic E-state index is 0.300. The van der Waals surface area contributed by atoms with Crippen LogP contribution in [0.4, 0.5) is 9.18 Å². The van der Waals surface area contributed by atoms with Gasteiger partial charge in [0.1, 0.15) is 5.82 Å². The summed E-state index contributed by atoms with van der Waals surface area (Å²) in [5, 5.41) is 10.0. The molecule has 0 spiro atoms. The first-order valence-corrected chi connectivity index (χ1v) is 6.65. The molecule has 0 aliphatic carbocycles. The van der Waals surface area contributed by atoms with Gasteiger partial charge < -0.3 is 5.11 Å². The van der Waals surface area contributed by atoms with Crippen molar-refractivity contribution < 1.29 is 14.3 Å². The van der Waals surface area contributed by atoms with E-state index in [1.54, 1.807) is 18.2 Å². The van der Waals surface area contributed by atoms with Gasteiger partial charge >= 0.3 is 6.09 Å². The van der Waals surface area contributed by atoms with Gasteiger partial charge in [-0.3, -0.25) is 4.57 Å². The summed E-state index contributed by atoms with van der Waals surface area (Å²) in [6.07, 6.45) is 0.471. The van der Waals surface area contributed by atoms with E-state index in [-0.39, 0.29) is 5.82 Å². The van der Waals surface area contributed by atoms with E-state index in [0.717, 1.165) is 25.6 Å². The van der Waals surface area contributed by atoms with Crippen LogP contribution in [0.5, 0.6) is 0 Å². The number of fused-ring (bicyclic) bond motifs is 1. The zero-order valence-corrected chi connectivity index (χ0v) is 11.8. The topological polar surface area (TPSA) is 42.2 Å². The van der Waals surface area contributed by atoms with Crippen molar-refractivity contribution in [2.75, 3.05) is 0 Å². The molecule has 0 bridgehead atoms. The summed E-state index contributed by atoms with van der Waals surface area (Å²) in [5.74, 6) is -0.300. The monoisotopic (exact) mass is 333 g/mol. The number of carbonyl (C=O) groups is 1. The van der Waals surface area contributed by atoms with Crippen LogP contribution in [0.1, 0.15) is 0 Å². The van der Waals surface area contributed by atoms with Crippen LogP contribution in [0.25, 0.3) is 22.0 Å². The second kappa shape index (κ2) is 4.76. The first-order chi connectivity index (χ1) is 9.56. The van der Waals surface area contributed by atoms with Crippen molar-refractivity contribution in [2.24, 2.45) is 0 Å². The Morgan fingerprint density at radius 3 is 2.40 bits per heavy atom. The van der Waals surface area contributed by atoms with E-state index in [0.29, 0.717) is 5.52 Å². The number of hydrogen-bond acceptors (Lipinski definition) is 1. The quantitative estimate of drug-likeness (QED) is 0.699. The summed E-state index contributed by atoms with van der Waals surface area (Å²) in [6.45, 7) is 0. The molecule has 0 atom stereocenters. The molecule has 1 heterocycles. The van der Waals surface area contributed by atoms with Gasteiger partial charge in [0, 0.05) is 16.1 Å². The highest BCUT2D eigenvalue weighted by Gasteiger charge is 2.12. The summed E-state index contributed by atoms with van der Waals surface area (Å²) in [6, 6.07) is 11.6. The molecular formula is C15H9BrFNO2. The number of benzene rings is 2. The van der Waals surface area contributed by atoms with E-state index in [9.17, 15) is 14.3 Å². The van der Waals surface area contributed by atoms with Gasteiger partial charge in [-0.2, -0.15) is 0 Å². The predicted molar refractivity (Wildman–Crippen MR) is 78.5 cm³/mol. The Morgan fingerprint density at radius 2 is 1.75 bits per heavy atom. The zero-order valence-electron chi connectivity index (χ0n) is 10.2. The van der Waals surface area contributed by atoms with Crippen LogP contribution in [0.15, 0.2) is 53.1 Å². The third-order valence-electron chi connectivity index (χ3n) is 3.14. The normalized spacial score (nSPS) is 10.9. The fraction of sp³-hybridized carbons (Fsp3) is 0. The van der Waals surface area contributed by atoms with Gasteiger partial charge in [0.05, 0.1) is 5.52 Å². The van der Waals surface area contributed by atoms with Crippen molar-refractivity contribution in [1.29, 1.82) is 0 Å². The van der Waals surface area contributed by atoms with Crippen molar-refractivity contribution in [3.63, 3.8) is 0 Å². The van der Waals surface area contributed by atoms with E-state index in [2.05, 4.69) is 15.9 Å². The van der Waals surface area contributed by atoms with Crippen LogP contribution in [0, 0.1) is 5.82 Å². The maximum Gasteiger partial charge on any atom is 0.416 e. The molecule has 1 N–H and O–H groups in total. The van der Waals surface area contributed by atoms with Crippen LogP contribution >= 0.6 is 15.9 Å². The smallest absolute Gasteiger partial charge is 0.416 e. The van der Waals surface area contributed by atoms with E-state index in [1.165, 1.54) is 18.3 Å². The highest BCUT2D eigenvalue weighted by atomic mass is 79.9. The summed E-state index contributed by atoms with van der Waals surface area (Å²) in [7, 11) is 0. The highest BCUT2D eigenvalue weighted by molar-refractivity contribution is 9.10. The Morgan fingerprint density at radius 1 is 1.10 bits per heavy atom. The lowest BCUT2D eigenvalue weighted by atomic mass is 10.0. The molecule has 0 aliphatic rings. The average Bonchev–Trinajstić information content (AvgIpc) is 2.77. The molecule has 0 unspecified atom stereocenters. The Bertz CT molecular complexity index is 809. The van der Waals surface area contributed by atoms with Gasteiger partial charge in [0.15, 0.2) is 0 Å². The van der Waals surface area contributed by atoms with E-state index in [4.69, 9.17) is 0 Å². The molecule has 0 fully saturated rings. The van der Waals surface area contributed by atoms with E-state index < -0.39 is 6.09 Å².